The summed E-state index contributed by atoms with van der Waals surface area (Å²) in [7, 11) is 0. The fraction of sp³-hybridized carbons (Fsp3) is 0.333. The van der Waals surface area contributed by atoms with Gasteiger partial charge in [0, 0.05) is 29.4 Å². The van der Waals surface area contributed by atoms with Crippen LogP contribution >= 0.6 is 11.6 Å². The van der Waals surface area contributed by atoms with Gasteiger partial charge in [0.05, 0.1) is 6.54 Å². The summed E-state index contributed by atoms with van der Waals surface area (Å²) in [5.74, 6) is -0.0284. The minimum Gasteiger partial charge on any atom is -0.362 e. The zero-order valence-corrected chi connectivity index (χ0v) is 10.0. The van der Waals surface area contributed by atoms with Crippen LogP contribution in [0.4, 0.5) is 5.69 Å². The molecule has 5 heteroatoms. The third-order valence-corrected chi connectivity index (χ3v) is 2.96. The second kappa shape index (κ2) is 5.19. The average Bonchev–Trinajstić information content (AvgIpc) is 2.54. The van der Waals surface area contributed by atoms with Crippen molar-refractivity contribution in [3.63, 3.8) is 0 Å². The summed E-state index contributed by atoms with van der Waals surface area (Å²) in [5.41, 5.74) is 1.29. The topological polar surface area (TPSA) is 49.4 Å². The molecule has 1 aliphatic heterocycles. The standard InChI is InChI=1S/C12H13ClN2O2/c13-10-3-2-9(8-16)11(6-10)15-5-1-4-14-12(17)7-15/h2-3,6,8H,1,4-5,7H2,(H,14,17). The molecule has 2 rings (SSSR count). The summed E-state index contributed by atoms with van der Waals surface area (Å²) in [5, 5.41) is 3.36. The summed E-state index contributed by atoms with van der Waals surface area (Å²) >= 11 is 5.93. The first-order valence-electron chi connectivity index (χ1n) is 5.47. The van der Waals surface area contributed by atoms with E-state index in [1.165, 1.54) is 0 Å². The predicted molar refractivity (Wildman–Crippen MR) is 66.7 cm³/mol. The molecule has 17 heavy (non-hydrogen) atoms. The molecule has 0 saturated carbocycles. The number of aldehydes is 1. The van der Waals surface area contributed by atoms with Crippen molar-refractivity contribution in [3.8, 4) is 0 Å². The van der Waals surface area contributed by atoms with Gasteiger partial charge in [-0.2, -0.15) is 0 Å². The highest BCUT2D eigenvalue weighted by Gasteiger charge is 2.17. The van der Waals surface area contributed by atoms with E-state index in [1.54, 1.807) is 18.2 Å². The molecule has 1 fully saturated rings. The molecule has 0 aliphatic carbocycles. The van der Waals surface area contributed by atoms with Crippen molar-refractivity contribution in [3.05, 3.63) is 28.8 Å². The molecule has 1 aromatic carbocycles. The number of nitrogens with one attached hydrogen (secondary N) is 1. The van der Waals surface area contributed by atoms with E-state index in [0.29, 0.717) is 17.1 Å². The van der Waals surface area contributed by atoms with E-state index in [0.717, 1.165) is 24.9 Å². The molecule has 1 saturated heterocycles. The smallest absolute Gasteiger partial charge is 0.239 e. The van der Waals surface area contributed by atoms with E-state index in [4.69, 9.17) is 11.6 Å². The summed E-state index contributed by atoms with van der Waals surface area (Å²) in [6.07, 6.45) is 1.64. The normalized spacial score (nSPS) is 16.3. The van der Waals surface area contributed by atoms with Crippen molar-refractivity contribution in [1.82, 2.24) is 5.32 Å². The fourth-order valence-electron chi connectivity index (χ4n) is 1.90. The molecule has 0 radical (unpaired) electrons. The van der Waals surface area contributed by atoms with Crippen LogP contribution in [0.25, 0.3) is 0 Å². The zero-order valence-electron chi connectivity index (χ0n) is 9.28. The van der Waals surface area contributed by atoms with E-state index < -0.39 is 0 Å². The highest BCUT2D eigenvalue weighted by molar-refractivity contribution is 6.31. The molecule has 4 nitrogen and oxygen atoms in total. The Bertz CT molecular complexity index is 448. The number of hydrogen-bond donors (Lipinski definition) is 1. The van der Waals surface area contributed by atoms with Crippen LogP contribution in [0.2, 0.25) is 5.02 Å². The number of rotatable bonds is 2. The molecule has 0 aromatic heterocycles. The van der Waals surface area contributed by atoms with E-state index in [9.17, 15) is 9.59 Å². The molecule has 1 N–H and O–H groups in total. The Hall–Kier alpha value is -1.55. The number of nitrogens with zero attached hydrogens (tertiary/aromatic N) is 1. The highest BCUT2D eigenvalue weighted by Crippen LogP contribution is 2.24. The Balaban J connectivity index is 2.33. The van der Waals surface area contributed by atoms with Crippen LogP contribution in [-0.4, -0.2) is 31.8 Å². The number of anilines is 1. The van der Waals surface area contributed by atoms with Gasteiger partial charge in [-0.15, -0.1) is 0 Å². The largest absolute Gasteiger partial charge is 0.362 e. The van der Waals surface area contributed by atoms with Gasteiger partial charge in [-0.25, -0.2) is 0 Å². The average molecular weight is 253 g/mol. The van der Waals surface area contributed by atoms with Crippen LogP contribution in [0.1, 0.15) is 16.8 Å². The second-order valence-corrected chi connectivity index (χ2v) is 4.38. The number of hydrogen-bond acceptors (Lipinski definition) is 3. The summed E-state index contributed by atoms with van der Waals surface area (Å²) in [4.78, 5) is 24.3. The van der Waals surface area contributed by atoms with Gasteiger partial charge in [0.2, 0.25) is 5.91 Å². The summed E-state index contributed by atoms with van der Waals surface area (Å²) in [6, 6.07) is 5.07. The maximum Gasteiger partial charge on any atom is 0.239 e. The van der Waals surface area contributed by atoms with Crippen molar-refractivity contribution in [2.75, 3.05) is 24.5 Å². The van der Waals surface area contributed by atoms with Crippen molar-refractivity contribution >= 4 is 29.5 Å². The summed E-state index contributed by atoms with van der Waals surface area (Å²) in [6.45, 7) is 1.67. The van der Waals surface area contributed by atoms with Gasteiger partial charge in [-0.3, -0.25) is 9.59 Å². The monoisotopic (exact) mass is 252 g/mol. The zero-order chi connectivity index (χ0) is 12.3. The third-order valence-electron chi connectivity index (χ3n) is 2.72. The van der Waals surface area contributed by atoms with Crippen molar-refractivity contribution in [2.45, 2.75) is 6.42 Å². The first-order chi connectivity index (χ1) is 8.20. The molecule has 1 amide bonds. The second-order valence-electron chi connectivity index (χ2n) is 3.95. The van der Waals surface area contributed by atoms with Crippen molar-refractivity contribution < 1.29 is 9.59 Å². The van der Waals surface area contributed by atoms with Gasteiger partial charge in [-0.05, 0) is 24.6 Å². The SMILES string of the molecule is O=Cc1ccc(Cl)cc1N1CCCNC(=O)C1. The Labute approximate surface area is 105 Å². The van der Waals surface area contributed by atoms with Crippen LogP contribution in [0, 0.1) is 0 Å². The molecule has 0 unspecified atom stereocenters. The van der Waals surface area contributed by atoms with E-state index >= 15 is 0 Å². The van der Waals surface area contributed by atoms with Gasteiger partial charge >= 0.3 is 0 Å². The van der Waals surface area contributed by atoms with E-state index in [1.807, 2.05) is 4.90 Å². The van der Waals surface area contributed by atoms with Crippen LogP contribution < -0.4 is 10.2 Å². The number of amides is 1. The Morgan fingerprint density at radius 1 is 1.41 bits per heavy atom. The van der Waals surface area contributed by atoms with Crippen LogP contribution in [0.15, 0.2) is 18.2 Å². The molecular formula is C12H13ClN2O2. The van der Waals surface area contributed by atoms with E-state index in [-0.39, 0.29) is 12.5 Å². The molecule has 1 aromatic rings. The molecule has 1 aliphatic rings. The molecule has 0 spiro atoms. The van der Waals surface area contributed by atoms with Crippen molar-refractivity contribution in [1.29, 1.82) is 0 Å². The molecule has 0 bridgehead atoms. The van der Waals surface area contributed by atoms with Gasteiger partial charge < -0.3 is 10.2 Å². The Kier molecular flexibility index (Phi) is 3.64. The lowest BCUT2D eigenvalue weighted by Crippen LogP contribution is -2.33. The van der Waals surface area contributed by atoms with Crippen molar-refractivity contribution in [2.24, 2.45) is 0 Å². The number of carbonyl (C=O) groups excluding carboxylic acids is 2. The maximum absolute atomic E-state index is 11.5. The highest BCUT2D eigenvalue weighted by atomic mass is 35.5. The van der Waals surface area contributed by atoms with E-state index in [2.05, 4.69) is 5.32 Å². The predicted octanol–water partition coefficient (Wildman–Crippen LogP) is 1.48. The molecule has 1 heterocycles. The lowest BCUT2D eigenvalue weighted by Gasteiger charge is -2.23. The lowest BCUT2D eigenvalue weighted by molar-refractivity contribution is -0.119. The Morgan fingerprint density at radius 2 is 2.24 bits per heavy atom. The maximum atomic E-state index is 11.5. The first-order valence-corrected chi connectivity index (χ1v) is 5.85. The summed E-state index contributed by atoms with van der Waals surface area (Å²) < 4.78 is 0. The van der Waals surface area contributed by atoms with Gasteiger partial charge in [0.25, 0.3) is 0 Å². The van der Waals surface area contributed by atoms with Gasteiger partial charge in [0.15, 0.2) is 6.29 Å². The number of carbonyl (C=O) groups is 2. The lowest BCUT2D eigenvalue weighted by atomic mass is 10.1. The fourth-order valence-corrected chi connectivity index (χ4v) is 2.07. The third kappa shape index (κ3) is 2.77. The van der Waals surface area contributed by atoms with Crippen LogP contribution in [-0.2, 0) is 4.79 Å². The number of halogens is 1. The quantitative estimate of drug-likeness (QED) is 0.811. The Morgan fingerprint density at radius 3 is 3.00 bits per heavy atom. The van der Waals surface area contributed by atoms with Gasteiger partial charge in [0.1, 0.15) is 0 Å². The minimum absolute atomic E-state index is 0.0284. The molecule has 90 valence electrons. The molecule has 0 atom stereocenters. The van der Waals surface area contributed by atoms with Crippen LogP contribution in [0.3, 0.4) is 0 Å². The molecular weight excluding hydrogens is 240 g/mol. The van der Waals surface area contributed by atoms with Crippen LogP contribution in [0.5, 0.6) is 0 Å². The number of benzene rings is 1. The minimum atomic E-state index is -0.0284. The van der Waals surface area contributed by atoms with Gasteiger partial charge in [-0.1, -0.05) is 11.6 Å². The first kappa shape index (κ1) is 11.9.